The van der Waals surface area contributed by atoms with Gasteiger partial charge in [-0.05, 0) is 55.0 Å². The molecule has 0 aliphatic carbocycles. The fourth-order valence-corrected chi connectivity index (χ4v) is 3.99. The molecule has 1 aromatic carbocycles. The first-order valence-electron chi connectivity index (χ1n) is 12.3. The maximum Gasteiger partial charge on any atom is 0.0717 e. The van der Waals surface area contributed by atoms with Crippen LogP contribution in [0.3, 0.4) is 0 Å². The van der Waals surface area contributed by atoms with Crippen LogP contribution in [0.15, 0.2) is 60.9 Å². The normalized spacial score (nSPS) is 11.0. The zero-order chi connectivity index (χ0) is 21.7. The van der Waals surface area contributed by atoms with Crippen molar-refractivity contribution in [1.82, 2.24) is 9.97 Å². The second-order valence-corrected chi connectivity index (χ2v) is 8.64. The lowest BCUT2D eigenvalue weighted by Gasteiger charge is -2.07. The fourth-order valence-electron chi connectivity index (χ4n) is 3.99. The van der Waals surface area contributed by atoms with Crippen molar-refractivity contribution in [3.05, 3.63) is 72.2 Å². The van der Waals surface area contributed by atoms with Crippen LogP contribution < -0.4 is 0 Å². The summed E-state index contributed by atoms with van der Waals surface area (Å²) in [6.07, 6.45) is 18.0. The Hall–Kier alpha value is -2.48. The second-order valence-electron chi connectivity index (χ2n) is 8.64. The van der Waals surface area contributed by atoms with Crippen LogP contribution in [-0.4, -0.2) is 9.97 Å². The zero-order valence-corrected chi connectivity index (χ0v) is 19.4. The van der Waals surface area contributed by atoms with Crippen molar-refractivity contribution in [1.29, 1.82) is 0 Å². The molecular weight excluding hydrogens is 376 g/mol. The molecule has 0 bridgehead atoms. The number of nitrogens with zero attached hydrogens (tertiary/aromatic N) is 2. The van der Waals surface area contributed by atoms with E-state index in [1.54, 1.807) is 0 Å². The number of rotatable bonds is 13. The average Bonchev–Trinajstić information content (AvgIpc) is 2.82. The minimum Gasteiger partial charge on any atom is -0.261 e. The third-order valence-corrected chi connectivity index (χ3v) is 6.03. The van der Waals surface area contributed by atoms with Crippen LogP contribution in [-0.2, 0) is 12.8 Å². The van der Waals surface area contributed by atoms with Gasteiger partial charge in [-0.15, -0.1) is 0 Å². The highest BCUT2D eigenvalue weighted by Crippen LogP contribution is 2.23. The average molecular weight is 415 g/mol. The SMILES string of the molecule is CCCCCCCCc1ccc(-c2ccc(-c3ccc(CCCCC)cc3)cn2)cn1. The Morgan fingerprint density at radius 2 is 1.13 bits per heavy atom. The van der Waals surface area contributed by atoms with Crippen LogP contribution >= 0.6 is 0 Å². The molecule has 164 valence electrons. The molecule has 3 aromatic rings. The Bertz CT molecular complexity index is 864. The molecule has 0 N–H and O–H groups in total. The predicted molar refractivity (Wildman–Crippen MR) is 133 cm³/mol. The van der Waals surface area contributed by atoms with Crippen molar-refractivity contribution in [3.63, 3.8) is 0 Å². The Balaban J connectivity index is 1.52. The molecule has 0 atom stereocenters. The van der Waals surface area contributed by atoms with E-state index in [-0.39, 0.29) is 0 Å². The summed E-state index contributed by atoms with van der Waals surface area (Å²) in [5.41, 5.74) is 7.08. The number of unbranched alkanes of at least 4 members (excludes halogenated alkanes) is 7. The quantitative estimate of drug-likeness (QED) is 0.262. The van der Waals surface area contributed by atoms with E-state index < -0.39 is 0 Å². The molecule has 0 aliphatic rings. The van der Waals surface area contributed by atoms with E-state index in [4.69, 9.17) is 4.98 Å². The summed E-state index contributed by atoms with van der Waals surface area (Å²) in [4.78, 5) is 9.37. The largest absolute Gasteiger partial charge is 0.261 e. The van der Waals surface area contributed by atoms with Gasteiger partial charge in [-0.2, -0.15) is 0 Å². The first-order chi connectivity index (χ1) is 15.3. The molecule has 0 fully saturated rings. The second kappa shape index (κ2) is 13.0. The number of aryl methyl sites for hydroxylation is 2. The predicted octanol–water partition coefficient (Wildman–Crippen LogP) is 8.45. The van der Waals surface area contributed by atoms with Gasteiger partial charge in [0.25, 0.3) is 0 Å². The number of benzene rings is 1. The van der Waals surface area contributed by atoms with Crippen LogP contribution in [0.25, 0.3) is 22.4 Å². The van der Waals surface area contributed by atoms with Gasteiger partial charge >= 0.3 is 0 Å². The summed E-state index contributed by atoms with van der Waals surface area (Å²) in [7, 11) is 0. The van der Waals surface area contributed by atoms with E-state index >= 15 is 0 Å². The van der Waals surface area contributed by atoms with Crippen LogP contribution in [0.5, 0.6) is 0 Å². The molecule has 3 rings (SSSR count). The molecule has 2 heterocycles. The number of aromatic nitrogens is 2. The molecule has 2 nitrogen and oxygen atoms in total. The maximum atomic E-state index is 4.70. The first kappa shape index (κ1) is 23.2. The molecule has 31 heavy (non-hydrogen) atoms. The molecule has 0 aliphatic heterocycles. The molecular formula is C29H38N2. The van der Waals surface area contributed by atoms with Crippen LogP contribution in [0.1, 0.15) is 82.9 Å². The smallest absolute Gasteiger partial charge is 0.0717 e. The lowest BCUT2D eigenvalue weighted by molar-refractivity contribution is 0.605. The van der Waals surface area contributed by atoms with E-state index in [1.165, 1.54) is 81.0 Å². The van der Waals surface area contributed by atoms with Gasteiger partial charge in [-0.1, -0.05) is 89.1 Å². The molecule has 2 aromatic heterocycles. The van der Waals surface area contributed by atoms with Gasteiger partial charge in [0.2, 0.25) is 0 Å². The Morgan fingerprint density at radius 1 is 0.516 bits per heavy atom. The maximum absolute atomic E-state index is 4.70. The summed E-state index contributed by atoms with van der Waals surface area (Å²) < 4.78 is 0. The lowest BCUT2D eigenvalue weighted by atomic mass is 10.0. The van der Waals surface area contributed by atoms with Gasteiger partial charge < -0.3 is 0 Å². The van der Waals surface area contributed by atoms with Gasteiger partial charge in [-0.3, -0.25) is 9.97 Å². The van der Waals surface area contributed by atoms with Crippen LogP contribution in [0, 0.1) is 0 Å². The van der Waals surface area contributed by atoms with E-state index in [1.807, 2.05) is 12.4 Å². The molecule has 0 spiro atoms. The van der Waals surface area contributed by atoms with Gasteiger partial charge in [0.05, 0.1) is 5.69 Å². The fraction of sp³-hybridized carbons (Fsp3) is 0.448. The minimum absolute atomic E-state index is 0.985. The topological polar surface area (TPSA) is 25.8 Å². The highest BCUT2D eigenvalue weighted by atomic mass is 14.7. The van der Waals surface area contributed by atoms with E-state index in [0.29, 0.717) is 0 Å². The van der Waals surface area contributed by atoms with Gasteiger partial charge in [0.15, 0.2) is 0 Å². The van der Waals surface area contributed by atoms with Crippen LogP contribution in [0.4, 0.5) is 0 Å². The number of pyridine rings is 2. The minimum atomic E-state index is 0.985. The van der Waals surface area contributed by atoms with Crippen molar-refractivity contribution in [2.45, 2.75) is 84.5 Å². The highest BCUT2D eigenvalue weighted by molar-refractivity contribution is 5.66. The standard InChI is InChI=1S/C29H38N2/c1-3-5-7-8-9-11-13-28-20-18-27(23-30-28)29-21-19-26(22-31-29)25-16-14-24(15-17-25)12-10-6-4-2/h14-23H,3-13H2,1-2H3. The molecule has 0 radical (unpaired) electrons. The lowest BCUT2D eigenvalue weighted by Crippen LogP contribution is -1.92. The highest BCUT2D eigenvalue weighted by Gasteiger charge is 2.04. The van der Waals surface area contributed by atoms with Crippen molar-refractivity contribution in [2.24, 2.45) is 0 Å². The molecule has 0 amide bonds. The Morgan fingerprint density at radius 3 is 1.81 bits per heavy atom. The third kappa shape index (κ3) is 7.61. The summed E-state index contributed by atoms with van der Waals surface area (Å²) in [5.74, 6) is 0. The Kier molecular flexibility index (Phi) is 9.76. The van der Waals surface area contributed by atoms with E-state index in [9.17, 15) is 0 Å². The number of hydrogen-bond donors (Lipinski definition) is 0. The Labute approximate surface area is 189 Å². The third-order valence-electron chi connectivity index (χ3n) is 6.03. The van der Waals surface area contributed by atoms with Crippen molar-refractivity contribution >= 4 is 0 Å². The summed E-state index contributed by atoms with van der Waals surface area (Å²) >= 11 is 0. The monoisotopic (exact) mass is 414 g/mol. The van der Waals surface area contributed by atoms with Crippen molar-refractivity contribution in [2.75, 3.05) is 0 Å². The molecule has 0 saturated heterocycles. The summed E-state index contributed by atoms with van der Waals surface area (Å²) in [6, 6.07) is 17.5. The van der Waals surface area contributed by atoms with E-state index in [2.05, 4.69) is 67.4 Å². The molecule has 2 heteroatoms. The van der Waals surface area contributed by atoms with Gasteiger partial charge in [0, 0.05) is 29.2 Å². The zero-order valence-electron chi connectivity index (χ0n) is 19.4. The van der Waals surface area contributed by atoms with Gasteiger partial charge in [0.1, 0.15) is 0 Å². The molecule has 0 saturated carbocycles. The van der Waals surface area contributed by atoms with Gasteiger partial charge in [-0.25, -0.2) is 0 Å². The summed E-state index contributed by atoms with van der Waals surface area (Å²) in [5, 5.41) is 0. The number of hydrogen-bond acceptors (Lipinski definition) is 2. The first-order valence-corrected chi connectivity index (χ1v) is 12.3. The molecule has 0 unspecified atom stereocenters. The van der Waals surface area contributed by atoms with Crippen molar-refractivity contribution < 1.29 is 0 Å². The van der Waals surface area contributed by atoms with Crippen LogP contribution in [0.2, 0.25) is 0 Å². The summed E-state index contributed by atoms with van der Waals surface area (Å²) in [6.45, 7) is 4.51. The van der Waals surface area contributed by atoms with Crippen molar-refractivity contribution in [3.8, 4) is 22.4 Å². The van der Waals surface area contributed by atoms with E-state index in [0.717, 1.165) is 23.2 Å².